The fourth-order valence-corrected chi connectivity index (χ4v) is 1.95. The Morgan fingerprint density at radius 1 is 1.14 bits per heavy atom. The summed E-state index contributed by atoms with van der Waals surface area (Å²) in [6.07, 6.45) is -13.6. The molecular formula is C12H10F6O3. The second-order valence-electron chi connectivity index (χ2n) is 4.15. The maximum atomic E-state index is 13.0. The summed E-state index contributed by atoms with van der Waals surface area (Å²) < 4.78 is 77.1. The zero-order valence-corrected chi connectivity index (χ0v) is 10.5. The molecule has 1 rings (SSSR count). The van der Waals surface area contributed by atoms with Crippen molar-refractivity contribution in [3.8, 4) is 0 Å². The van der Waals surface area contributed by atoms with Crippen molar-refractivity contribution in [1.29, 1.82) is 0 Å². The molecule has 0 aliphatic rings. The number of aliphatic hydroxyl groups is 1. The fraction of sp³-hybridized carbons (Fsp3) is 0.417. The van der Waals surface area contributed by atoms with E-state index in [9.17, 15) is 36.2 Å². The van der Waals surface area contributed by atoms with E-state index < -0.39 is 41.1 Å². The zero-order valence-electron chi connectivity index (χ0n) is 10.5. The number of carboxylic acids is 1. The molecule has 0 spiro atoms. The van der Waals surface area contributed by atoms with Gasteiger partial charge in [-0.05, 0) is 18.1 Å². The third-order valence-corrected chi connectivity index (χ3v) is 2.81. The van der Waals surface area contributed by atoms with Gasteiger partial charge < -0.3 is 10.2 Å². The van der Waals surface area contributed by atoms with Crippen LogP contribution in [-0.2, 0) is 23.6 Å². The Balaban J connectivity index is 3.83. The van der Waals surface area contributed by atoms with Gasteiger partial charge in [-0.3, -0.25) is 0 Å². The van der Waals surface area contributed by atoms with Gasteiger partial charge in [0.1, 0.15) is 0 Å². The summed E-state index contributed by atoms with van der Waals surface area (Å²) in [6, 6.07) is 0.972. The molecule has 0 amide bonds. The molecule has 118 valence electrons. The summed E-state index contributed by atoms with van der Waals surface area (Å²) in [7, 11) is 0. The van der Waals surface area contributed by atoms with E-state index >= 15 is 0 Å². The van der Waals surface area contributed by atoms with Gasteiger partial charge in [0.15, 0.2) is 6.10 Å². The Morgan fingerprint density at radius 2 is 1.67 bits per heavy atom. The molecule has 1 aromatic rings. The monoisotopic (exact) mass is 316 g/mol. The number of benzene rings is 1. The first-order chi connectivity index (χ1) is 9.41. The number of carboxylic acid groups (broad SMARTS) is 1. The van der Waals surface area contributed by atoms with E-state index in [2.05, 4.69) is 0 Å². The lowest BCUT2D eigenvalue weighted by atomic mass is 9.90. The number of aliphatic carboxylic acids is 1. The summed E-state index contributed by atoms with van der Waals surface area (Å²) in [5.41, 5.74) is -5.77. The Morgan fingerprint density at radius 3 is 2.00 bits per heavy atom. The molecule has 3 nitrogen and oxygen atoms in total. The molecule has 0 aliphatic heterocycles. The lowest BCUT2D eigenvalue weighted by molar-refractivity contribution is -0.164. The molecule has 0 fully saturated rings. The van der Waals surface area contributed by atoms with Gasteiger partial charge in [0.05, 0.1) is 11.1 Å². The fourth-order valence-electron chi connectivity index (χ4n) is 1.95. The minimum absolute atomic E-state index is 0.166. The zero-order chi connectivity index (χ0) is 16.6. The van der Waals surface area contributed by atoms with Crippen molar-refractivity contribution in [3.63, 3.8) is 0 Å². The number of carbonyl (C=O) groups is 1. The van der Waals surface area contributed by atoms with E-state index in [1.165, 1.54) is 6.92 Å². The van der Waals surface area contributed by atoms with Crippen LogP contribution in [-0.4, -0.2) is 16.2 Å². The van der Waals surface area contributed by atoms with E-state index in [-0.39, 0.29) is 18.1 Å². The first kappa shape index (κ1) is 17.3. The maximum Gasteiger partial charge on any atom is 0.417 e. The highest BCUT2D eigenvalue weighted by Crippen LogP contribution is 2.44. The van der Waals surface area contributed by atoms with Crippen LogP contribution in [0.5, 0.6) is 0 Å². The molecule has 0 saturated carbocycles. The van der Waals surface area contributed by atoms with E-state index in [0.29, 0.717) is 0 Å². The van der Waals surface area contributed by atoms with Crippen LogP contribution in [0.25, 0.3) is 0 Å². The second kappa shape index (κ2) is 5.55. The van der Waals surface area contributed by atoms with Gasteiger partial charge in [-0.25, -0.2) is 4.79 Å². The number of halogens is 6. The normalized spacial score (nSPS) is 14.1. The van der Waals surface area contributed by atoms with Gasteiger partial charge in [-0.1, -0.05) is 13.0 Å². The number of hydrogen-bond acceptors (Lipinski definition) is 2. The summed E-state index contributed by atoms with van der Waals surface area (Å²) in [6.45, 7) is 1.33. The van der Waals surface area contributed by atoms with Crippen LogP contribution in [0.15, 0.2) is 12.1 Å². The molecule has 1 atom stereocenters. The minimum Gasteiger partial charge on any atom is -0.479 e. The summed E-state index contributed by atoms with van der Waals surface area (Å²) in [5, 5.41) is 18.0. The van der Waals surface area contributed by atoms with Crippen molar-refractivity contribution in [2.24, 2.45) is 0 Å². The molecule has 9 heteroatoms. The van der Waals surface area contributed by atoms with Crippen molar-refractivity contribution in [1.82, 2.24) is 0 Å². The Kier molecular flexibility index (Phi) is 4.57. The van der Waals surface area contributed by atoms with Crippen LogP contribution in [0, 0.1) is 0 Å². The molecule has 2 N–H and O–H groups in total. The highest BCUT2D eigenvalue weighted by atomic mass is 19.4. The number of aryl methyl sites for hydroxylation is 1. The van der Waals surface area contributed by atoms with Gasteiger partial charge in [0.2, 0.25) is 0 Å². The average Bonchev–Trinajstić information content (AvgIpc) is 2.33. The highest BCUT2D eigenvalue weighted by molar-refractivity contribution is 5.75. The molecule has 0 heterocycles. The van der Waals surface area contributed by atoms with E-state index in [1.807, 2.05) is 0 Å². The van der Waals surface area contributed by atoms with Crippen LogP contribution in [0.1, 0.15) is 35.3 Å². The maximum absolute atomic E-state index is 13.0. The molecule has 0 saturated heterocycles. The standard InChI is InChI=1S/C12H10F6O3/c1-2-5-3-4-6(11(13,14)15)8(12(16,17)18)7(5)9(19)10(20)21/h3-4,9,19H,2H2,1H3,(H,20,21). The number of hydrogen-bond donors (Lipinski definition) is 2. The molecule has 1 aromatic carbocycles. The lowest BCUT2D eigenvalue weighted by Crippen LogP contribution is -2.24. The quantitative estimate of drug-likeness (QED) is 0.840. The molecule has 0 bridgehead atoms. The predicted molar refractivity (Wildman–Crippen MR) is 58.4 cm³/mol. The van der Waals surface area contributed by atoms with E-state index in [0.717, 1.165) is 6.07 Å². The smallest absolute Gasteiger partial charge is 0.417 e. The first-order valence-electron chi connectivity index (χ1n) is 5.62. The molecule has 1 unspecified atom stereocenters. The van der Waals surface area contributed by atoms with Crippen molar-refractivity contribution >= 4 is 5.97 Å². The van der Waals surface area contributed by atoms with Crippen LogP contribution < -0.4 is 0 Å². The van der Waals surface area contributed by atoms with Gasteiger partial charge in [0.25, 0.3) is 0 Å². The highest BCUT2D eigenvalue weighted by Gasteiger charge is 2.47. The Bertz CT molecular complexity index is 547. The first-order valence-corrected chi connectivity index (χ1v) is 5.62. The van der Waals surface area contributed by atoms with Crippen LogP contribution in [0.3, 0.4) is 0 Å². The Labute approximate surface area is 114 Å². The predicted octanol–water partition coefficient (Wildman–Crippen LogP) is 3.40. The van der Waals surface area contributed by atoms with Crippen LogP contribution in [0.4, 0.5) is 26.3 Å². The average molecular weight is 316 g/mol. The van der Waals surface area contributed by atoms with Crippen molar-refractivity contribution in [2.75, 3.05) is 0 Å². The lowest BCUT2D eigenvalue weighted by Gasteiger charge is -2.23. The van der Waals surface area contributed by atoms with Gasteiger partial charge in [-0.2, -0.15) is 26.3 Å². The number of alkyl halides is 6. The summed E-state index contributed by atoms with van der Waals surface area (Å²) in [5.74, 6) is -2.06. The molecule has 0 radical (unpaired) electrons. The van der Waals surface area contributed by atoms with E-state index in [1.54, 1.807) is 0 Å². The SMILES string of the molecule is CCc1ccc(C(F)(F)F)c(C(F)(F)F)c1C(O)C(=O)O. The van der Waals surface area contributed by atoms with Crippen LogP contribution >= 0.6 is 0 Å². The molecule has 0 aliphatic carbocycles. The third-order valence-electron chi connectivity index (χ3n) is 2.81. The Hall–Kier alpha value is -1.77. The van der Waals surface area contributed by atoms with Crippen molar-refractivity contribution in [3.05, 3.63) is 34.4 Å². The third kappa shape index (κ3) is 3.46. The molecule has 21 heavy (non-hydrogen) atoms. The van der Waals surface area contributed by atoms with Crippen LogP contribution in [0.2, 0.25) is 0 Å². The van der Waals surface area contributed by atoms with Gasteiger partial charge in [0, 0.05) is 5.56 Å². The second-order valence-corrected chi connectivity index (χ2v) is 4.15. The minimum atomic E-state index is -5.46. The van der Waals surface area contributed by atoms with Crippen molar-refractivity contribution in [2.45, 2.75) is 31.8 Å². The van der Waals surface area contributed by atoms with Crippen molar-refractivity contribution < 1.29 is 41.4 Å². The summed E-state index contributed by atoms with van der Waals surface area (Å²) >= 11 is 0. The van der Waals surface area contributed by atoms with Gasteiger partial charge in [-0.15, -0.1) is 0 Å². The topological polar surface area (TPSA) is 57.5 Å². The summed E-state index contributed by atoms with van der Waals surface area (Å²) in [4.78, 5) is 10.7. The number of rotatable bonds is 3. The van der Waals surface area contributed by atoms with Gasteiger partial charge >= 0.3 is 18.3 Å². The number of aliphatic hydroxyl groups excluding tert-OH is 1. The molecule has 0 aromatic heterocycles. The van der Waals surface area contributed by atoms with E-state index in [4.69, 9.17) is 5.11 Å². The molecular weight excluding hydrogens is 306 g/mol. The largest absolute Gasteiger partial charge is 0.479 e.